The van der Waals surface area contributed by atoms with Gasteiger partial charge in [0.05, 0.1) is 15.2 Å². The summed E-state index contributed by atoms with van der Waals surface area (Å²) in [5, 5.41) is 4.09. The van der Waals surface area contributed by atoms with Crippen molar-refractivity contribution in [2.24, 2.45) is 5.92 Å². The molecule has 2 aromatic carbocycles. The summed E-state index contributed by atoms with van der Waals surface area (Å²) >= 11 is 5.16. The molecule has 0 fully saturated rings. The van der Waals surface area contributed by atoms with E-state index in [1.165, 1.54) is 11.1 Å². The first-order chi connectivity index (χ1) is 11.1. The van der Waals surface area contributed by atoms with E-state index in [4.69, 9.17) is 0 Å². The van der Waals surface area contributed by atoms with E-state index >= 15 is 0 Å². The number of rotatable bonds is 2. The summed E-state index contributed by atoms with van der Waals surface area (Å²) in [5.41, 5.74) is 4.32. The topological polar surface area (TPSA) is 42.0 Å². The number of thiazole rings is 1. The molecule has 1 aromatic heterocycles. The van der Waals surface area contributed by atoms with Gasteiger partial charge in [-0.3, -0.25) is 4.79 Å². The molecule has 0 saturated carbocycles. The van der Waals surface area contributed by atoms with E-state index < -0.39 is 0 Å². The lowest BCUT2D eigenvalue weighted by Gasteiger charge is -2.10. The fourth-order valence-corrected chi connectivity index (χ4v) is 4.35. The number of benzene rings is 2. The van der Waals surface area contributed by atoms with E-state index in [2.05, 4.69) is 38.4 Å². The van der Waals surface area contributed by atoms with Crippen molar-refractivity contribution in [1.82, 2.24) is 4.98 Å². The van der Waals surface area contributed by atoms with Gasteiger partial charge in [0.15, 0.2) is 0 Å². The average Bonchev–Trinajstić information content (AvgIpc) is 3.08. The van der Waals surface area contributed by atoms with Crippen molar-refractivity contribution in [3.05, 3.63) is 57.0 Å². The highest BCUT2D eigenvalue weighted by atomic mass is 79.9. The Labute approximate surface area is 146 Å². The zero-order valence-corrected chi connectivity index (χ0v) is 15.0. The summed E-state index contributed by atoms with van der Waals surface area (Å²) in [5.74, 6) is 0.0933. The van der Waals surface area contributed by atoms with Crippen molar-refractivity contribution in [3.8, 4) is 0 Å². The fraction of sp³-hybridized carbons (Fsp3) is 0.222. The van der Waals surface area contributed by atoms with Crippen LogP contribution in [0.25, 0.3) is 10.2 Å². The Morgan fingerprint density at radius 2 is 2.04 bits per heavy atom. The maximum atomic E-state index is 12.6. The smallest absolute Gasteiger partial charge is 0.228 e. The third-order valence-corrected chi connectivity index (χ3v) is 5.68. The van der Waals surface area contributed by atoms with Gasteiger partial charge < -0.3 is 5.32 Å². The highest BCUT2D eigenvalue weighted by Crippen LogP contribution is 2.30. The third kappa shape index (κ3) is 2.91. The minimum Gasteiger partial charge on any atom is -0.326 e. The lowest BCUT2D eigenvalue weighted by molar-refractivity contribution is -0.119. The first kappa shape index (κ1) is 14.8. The van der Waals surface area contributed by atoms with Crippen LogP contribution < -0.4 is 5.32 Å². The van der Waals surface area contributed by atoms with E-state index in [1.54, 1.807) is 11.3 Å². The standard InChI is InChI=1S/C18H15BrN2OS/c1-10-20-16-9-15(4-5-17(16)23-10)21-18(22)13-6-11-2-3-14(19)8-12(11)7-13/h2-5,8-9,13H,6-7H2,1H3,(H,21,22). The molecular formula is C18H15BrN2OS. The molecule has 23 heavy (non-hydrogen) atoms. The number of anilines is 1. The number of nitrogens with zero attached hydrogens (tertiary/aromatic N) is 1. The molecule has 1 amide bonds. The molecule has 3 nitrogen and oxygen atoms in total. The summed E-state index contributed by atoms with van der Waals surface area (Å²) in [6.45, 7) is 2.00. The van der Waals surface area contributed by atoms with Crippen LogP contribution in [0.15, 0.2) is 40.9 Å². The molecule has 1 unspecified atom stereocenters. The first-order valence-electron chi connectivity index (χ1n) is 7.54. The molecule has 1 aliphatic rings. The summed E-state index contributed by atoms with van der Waals surface area (Å²) in [4.78, 5) is 17.1. The number of fused-ring (bicyclic) bond motifs is 2. The maximum absolute atomic E-state index is 12.6. The number of hydrogen-bond donors (Lipinski definition) is 1. The Hall–Kier alpha value is -1.72. The Balaban J connectivity index is 1.51. The third-order valence-electron chi connectivity index (χ3n) is 4.23. The number of aromatic nitrogens is 1. The zero-order chi connectivity index (χ0) is 16.0. The molecule has 0 spiro atoms. The molecule has 0 aliphatic heterocycles. The van der Waals surface area contributed by atoms with Gasteiger partial charge in [0.25, 0.3) is 0 Å². The van der Waals surface area contributed by atoms with E-state index in [-0.39, 0.29) is 11.8 Å². The van der Waals surface area contributed by atoms with Crippen LogP contribution in [-0.2, 0) is 17.6 Å². The Morgan fingerprint density at radius 3 is 2.91 bits per heavy atom. The number of amides is 1. The minimum atomic E-state index is 0.00664. The van der Waals surface area contributed by atoms with Crippen molar-refractivity contribution in [1.29, 1.82) is 0 Å². The second kappa shape index (κ2) is 5.73. The van der Waals surface area contributed by atoms with Crippen LogP contribution in [0.2, 0.25) is 0 Å². The number of hydrogen-bond acceptors (Lipinski definition) is 3. The highest BCUT2D eigenvalue weighted by molar-refractivity contribution is 9.10. The molecule has 3 aromatic rings. The van der Waals surface area contributed by atoms with Gasteiger partial charge in [0, 0.05) is 16.1 Å². The van der Waals surface area contributed by atoms with Gasteiger partial charge in [-0.05, 0) is 61.2 Å². The predicted octanol–water partition coefficient (Wildman–Crippen LogP) is 4.72. The SMILES string of the molecule is Cc1nc2cc(NC(=O)C3Cc4ccc(Br)cc4C3)ccc2s1. The molecule has 1 N–H and O–H groups in total. The summed E-state index contributed by atoms with van der Waals surface area (Å²) in [6.07, 6.45) is 1.62. The molecule has 4 rings (SSSR count). The predicted molar refractivity (Wildman–Crippen MR) is 98.0 cm³/mol. The Morgan fingerprint density at radius 1 is 1.22 bits per heavy atom. The Bertz CT molecular complexity index is 919. The van der Waals surface area contributed by atoms with Crippen molar-refractivity contribution in [2.75, 3.05) is 5.32 Å². The number of carbonyl (C=O) groups excluding carboxylic acids is 1. The number of nitrogens with one attached hydrogen (secondary N) is 1. The number of halogens is 1. The monoisotopic (exact) mass is 386 g/mol. The molecular weight excluding hydrogens is 372 g/mol. The lowest BCUT2D eigenvalue weighted by Crippen LogP contribution is -2.23. The molecule has 0 bridgehead atoms. The van der Waals surface area contributed by atoms with E-state index in [1.807, 2.05) is 31.2 Å². The zero-order valence-electron chi connectivity index (χ0n) is 12.6. The van der Waals surface area contributed by atoms with Crippen molar-refractivity contribution < 1.29 is 4.79 Å². The van der Waals surface area contributed by atoms with E-state index in [0.717, 1.165) is 38.2 Å². The number of carbonyl (C=O) groups is 1. The quantitative estimate of drug-likeness (QED) is 0.691. The molecule has 1 aliphatic carbocycles. The van der Waals surface area contributed by atoms with Gasteiger partial charge >= 0.3 is 0 Å². The fourth-order valence-electron chi connectivity index (χ4n) is 3.14. The van der Waals surface area contributed by atoms with Crippen LogP contribution in [0.5, 0.6) is 0 Å². The molecule has 1 atom stereocenters. The molecule has 5 heteroatoms. The van der Waals surface area contributed by atoms with Crippen molar-refractivity contribution >= 4 is 49.1 Å². The molecule has 116 valence electrons. The van der Waals surface area contributed by atoms with Gasteiger partial charge in [-0.15, -0.1) is 11.3 Å². The van der Waals surface area contributed by atoms with Gasteiger partial charge in [-0.25, -0.2) is 4.98 Å². The Kier molecular flexibility index (Phi) is 3.70. The summed E-state index contributed by atoms with van der Waals surface area (Å²) in [7, 11) is 0. The summed E-state index contributed by atoms with van der Waals surface area (Å²) < 4.78 is 2.22. The van der Waals surface area contributed by atoms with Crippen LogP contribution in [0.1, 0.15) is 16.1 Å². The van der Waals surface area contributed by atoms with Crippen molar-refractivity contribution in [3.63, 3.8) is 0 Å². The van der Waals surface area contributed by atoms with Gasteiger partial charge in [-0.2, -0.15) is 0 Å². The lowest BCUT2D eigenvalue weighted by atomic mass is 10.1. The van der Waals surface area contributed by atoms with Gasteiger partial charge in [-0.1, -0.05) is 22.0 Å². The van der Waals surface area contributed by atoms with Crippen LogP contribution >= 0.6 is 27.3 Å². The summed E-state index contributed by atoms with van der Waals surface area (Å²) in [6, 6.07) is 12.2. The van der Waals surface area contributed by atoms with E-state index in [0.29, 0.717) is 0 Å². The maximum Gasteiger partial charge on any atom is 0.228 e. The van der Waals surface area contributed by atoms with Crippen molar-refractivity contribution in [2.45, 2.75) is 19.8 Å². The van der Waals surface area contributed by atoms with Crippen LogP contribution in [-0.4, -0.2) is 10.9 Å². The minimum absolute atomic E-state index is 0.00664. The van der Waals surface area contributed by atoms with Crippen LogP contribution in [0.4, 0.5) is 5.69 Å². The molecule has 0 saturated heterocycles. The molecule has 1 heterocycles. The largest absolute Gasteiger partial charge is 0.326 e. The normalized spacial score (nSPS) is 16.5. The van der Waals surface area contributed by atoms with Gasteiger partial charge in [0.2, 0.25) is 5.91 Å². The first-order valence-corrected chi connectivity index (χ1v) is 9.15. The molecule has 0 radical (unpaired) electrons. The van der Waals surface area contributed by atoms with Crippen LogP contribution in [0, 0.1) is 12.8 Å². The van der Waals surface area contributed by atoms with Gasteiger partial charge in [0.1, 0.15) is 0 Å². The highest BCUT2D eigenvalue weighted by Gasteiger charge is 2.27. The van der Waals surface area contributed by atoms with E-state index in [9.17, 15) is 4.79 Å². The second-order valence-corrected chi connectivity index (χ2v) is 8.07. The van der Waals surface area contributed by atoms with Crippen LogP contribution in [0.3, 0.4) is 0 Å². The number of aryl methyl sites for hydroxylation is 1. The average molecular weight is 387 g/mol. The second-order valence-electron chi connectivity index (χ2n) is 5.92.